The Morgan fingerprint density at radius 2 is 1.84 bits per heavy atom. The fraction of sp³-hybridized carbons (Fsp3) is 0.200. The van der Waals surface area contributed by atoms with Gasteiger partial charge >= 0.3 is 0 Å². The second kappa shape index (κ2) is 6.29. The monoisotopic (exact) mass is 402 g/mol. The Hall–Kier alpha value is -0.510. The third-order valence-corrected chi connectivity index (χ3v) is 4.80. The van der Waals surface area contributed by atoms with Gasteiger partial charge in [-0.05, 0) is 30.7 Å². The van der Waals surface area contributed by atoms with Gasteiger partial charge in [0, 0.05) is 15.1 Å². The predicted molar refractivity (Wildman–Crippen MR) is 87.7 cm³/mol. The van der Waals surface area contributed by atoms with Crippen molar-refractivity contribution in [3.05, 3.63) is 62.6 Å². The average Bonchev–Trinajstić information content (AvgIpc) is 2.38. The van der Waals surface area contributed by atoms with Gasteiger partial charge in [0.1, 0.15) is 5.75 Å². The molecular formula is C15H13Br2ClO. The quantitative estimate of drug-likeness (QED) is 0.579. The lowest BCUT2D eigenvalue weighted by molar-refractivity contribution is 0.410. The van der Waals surface area contributed by atoms with E-state index in [2.05, 4.69) is 44.8 Å². The zero-order chi connectivity index (χ0) is 14.0. The third-order valence-electron chi connectivity index (χ3n) is 2.89. The minimum absolute atomic E-state index is 0.0500. The van der Waals surface area contributed by atoms with Crippen molar-refractivity contribution in [3.8, 4) is 5.75 Å². The minimum Gasteiger partial charge on any atom is -0.496 e. The second-order valence-electron chi connectivity index (χ2n) is 4.27. The first-order valence-electron chi connectivity index (χ1n) is 5.76. The molecule has 0 amide bonds. The summed E-state index contributed by atoms with van der Waals surface area (Å²) in [6.45, 7) is 2.07. The van der Waals surface area contributed by atoms with Crippen molar-refractivity contribution >= 4 is 43.5 Å². The van der Waals surface area contributed by atoms with Crippen LogP contribution < -0.4 is 4.74 Å². The summed E-state index contributed by atoms with van der Waals surface area (Å²) in [6, 6.07) is 11.9. The first-order chi connectivity index (χ1) is 9.02. The molecule has 0 bridgehead atoms. The largest absolute Gasteiger partial charge is 0.496 e. The molecule has 2 rings (SSSR count). The summed E-state index contributed by atoms with van der Waals surface area (Å²) in [7, 11) is 1.69. The van der Waals surface area contributed by atoms with E-state index in [0.29, 0.717) is 5.02 Å². The van der Waals surface area contributed by atoms with Crippen LogP contribution in [0.4, 0.5) is 0 Å². The SMILES string of the molecule is COc1ccc(C)cc1C(Br)c1ccc(Cl)cc1Br. The van der Waals surface area contributed by atoms with E-state index in [1.807, 2.05) is 30.3 Å². The molecule has 1 nitrogen and oxygen atoms in total. The molecule has 1 atom stereocenters. The van der Waals surface area contributed by atoms with Crippen LogP contribution >= 0.6 is 43.5 Å². The fourth-order valence-corrected chi connectivity index (χ4v) is 3.90. The summed E-state index contributed by atoms with van der Waals surface area (Å²) in [5, 5.41) is 0.714. The Labute approximate surface area is 135 Å². The Balaban J connectivity index is 2.49. The van der Waals surface area contributed by atoms with Crippen LogP contribution in [0.5, 0.6) is 5.75 Å². The third kappa shape index (κ3) is 3.33. The van der Waals surface area contributed by atoms with Crippen molar-refractivity contribution in [2.45, 2.75) is 11.8 Å². The average molecular weight is 405 g/mol. The smallest absolute Gasteiger partial charge is 0.123 e. The number of alkyl halides is 1. The van der Waals surface area contributed by atoms with Crippen molar-refractivity contribution in [2.24, 2.45) is 0 Å². The first-order valence-corrected chi connectivity index (χ1v) is 7.85. The maximum Gasteiger partial charge on any atom is 0.123 e. The van der Waals surface area contributed by atoms with Gasteiger partial charge < -0.3 is 4.74 Å². The number of hydrogen-bond donors (Lipinski definition) is 0. The highest BCUT2D eigenvalue weighted by Crippen LogP contribution is 2.40. The van der Waals surface area contributed by atoms with Crippen LogP contribution in [0.15, 0.2) is 40.9 Å². The molecule has 0 heterocycles. The highest BCUT2D eigenvalue weighted by Gasteiger charge is 2.18. The lowest BCUT2D eigenvalue weighted by Gasteiger charge is -2.17. The van der Waals surface area contributed by atoms with Crippen LogP contribution in [0, 0.1) is 6.92 Å². The molecule has 0 radical (unpaired) electrons. The standard InChI is InChI=1S/C15H13Br2ClO/c1-9-3-6-14(19-2)12(7-9)15(17)11-5-4-10(18)8-13(11)16/h3-8,15H,1-2H3. The van der Waals surface area contributed by atoms with E-state index in [4.69, 9.17) is 16.3 Å². The van der Waals surface area contributed by atoms with Crippen LogP contribution in [0.25, 0.3) is 0 Å². The highest BCUT2D eigenvalue weighted by molar-refractivity contribution is 9.11. The molecule has 1 unspecified atom stereocenters. The molecule has 2 aromatic rings. The number of ether oxygens (including phenoxy) is 1. The molecule has 19 heavy (non-hydrogen) atoms. The Morgan fingerprint density at radius 1 is 1.11 bits per heavy atom. The number of aryl methyl sites for hydroxylation is 1. The van der Waals surface area contributed by atoms with Crippen molar-refractivity contribution in [2.75, 3.05) is 7.11 Å². The lowest BCUT2D eigenvalue weighted by atomic mass is 10.0. The topological polar surface area (TPSA) is 9.23 Å². The molecule has 0 aliphatic rings. The maximum absolute atomic E-state index is 5.98. The van der Waals surface area contributed by atoms with Crippen molar-refractivity contribution in [1.82, 2.24) is 0 Å². The van der Waals surface area contributed by atoms with E-state index < -0.39 is 0 Å². The highest BCUT2D eigenvalue weighted by atomic mass is 79.9. The summed E-state index contributed by atoms with van der Waals surface area (Å²) >= 11 is 13.3. The van der Waals surface area contributed by atoms with E-state index in [0.717, 1.165) is 21.3 Å². The van der Waals surface area contributed by atoms with E-state index in [1.54, 1.807) is 7.11 Å². The number of hydrogen-bond acceptors (Lipinski definition) is 1. The Morgan fingerprint density at radius 3 is 2.47 bits per heavy atom. The lowest BCUT2D eigenvalue weighted by Crippen LogP contribution is -1.98. The van der Waals surface area contributed by atoms with Crippen LogP contribution in [0.3, 0.4) is 0 Å². The maximum atomic E-state index is 5.98. The van der Waals surface area contributed by atoms with Gasteiger partial charge in [0.15, 0.2) is 0 Å². The van der Waals surface area contributed by atoms with E-state index in [9.17, 15) is 0 Å². The van der Waals surface area contributed by atoms with E-state index >= 15 is 0 Å². The van der Waals surface area contributed by atoms with Gasteiger partial charge in [-0.1, -0.05) is 67.2 Å². The zero-order valence-electron chi connectivity index (χ0n) is 10.6. The van der Waals surface area contributed by atoms with Gasteiger partial charge in [-0.3, -0.25) is 0 Å². The molecule has 2 aromatic carbocycles. The van der Waals surface area contributed by atoms with Gasteiger partial charge in [0.2, 0.25) is 0 Å². The van der Waals surface area contributed by atoms with Gasteiger partial charge in [0.25, 0.3) is 0 Å². The molecule has 0 saturated heterocycles. The summed E-state index contributed by atoms with van der Waals surface area (Å²) < 4.78 is 6.41. The molecule has 100 valence electrons. The van der Waals surface area contributed by atoms with Gasteiger partial charge in [-0.2, -0.15) is 0 Å². The summed E-state index contributed by atoms with van der Waals surface area (Å²) in [4.78, 5) is 0.0500. The second-order valence-corrected chi connectivity index (χ2v) is 6.48. The number of rotatable bonds is 3. The van der Waals surface area contributed by atoms with Crippen molar-refractivity contribution in [1.29, 1.82) is 0 Å². The van der Waals surface area contributed by atoms with E-state index in [-0.39, 0.29) is 4.83 Å². The normalized spacial score (nSPS) is 12.3. The fourth-order valence-electron chi connectivity index (χ4n) is 1.93. The summed E-state index contributed by atoms with van der Waals surface area (Å²) in [6.07, 6.45) is 0. The predicted octanol–water partition coefficient (Wildman–Crippen LogP) is 5.90. The minimum atomic E-state index is 0.0500. The van der Waals surface area contributed by atoms with Crippen LogP contribution in [0.2, 0.25) is 5.02 Å². The van der Waals surface area contributed by atoms with Crippen LogP contribution in [0.1, 0.15) is 21.5 Å². The van der Waals surface area contributed by atoms with Gasteiger partial charge in [0.05, 0.1) is 11.9 Å². The first kappa shape index (κ1) is 14.9. The molecule has 0 fully saturated rings. The molecular weight excluding hydrogens is 391 g/mol. The zero-order valence-corrected chi connectivity index (χ0v) is 14.5. The number of benzene rings is 2. The Bertz CT molecular complexity index is 599. The Kier molecular flexibility index (Phi) is 4.93. The van der Waals surface area contributed by atoms with Crippen molar-refractivity contribution < 1.29 is 4.74 Å². The van der Waals surface area contributed by atoms with Gasteiger partial charge in [-0.25, -0.2) is 0 Å². The molecule has 0 N–H and O–H groups in total. The van der Waals surface area contributed by atoms with Crippen LogP contribution in [-0.2, 0) is 0 Å². The molecule has 0 aliphatic heterocycles. The van der Waals surface area contributed by atoms with Crippen LogP contribution in [-0.4, -0.2) is 7.11 Å². The molecule has 0 aromatic heterocycles. The number of methoxy groups -OCH3 is 1. The molecule has 0 aliphatic carbocycles. The number of halogens is 3. The van der Waals surface area contributed by atoms with E-state index in [1.165, 1.54) is 5.56 Å². The van der Waals surface area contributed by atoms with Gasteiger partial charge in [-0.15, -0.1) is 0 Å². The summed E-state index contributed by atoms with van der Waals surface area (Å²) in [5.74, 6) is 0.870. The molecule has 0 spiro atoms. The summed E-state index contributed by atoms with van der Waals surface area (Å²) in [5.41, 5.74) is 3.42. The molecule has 4 heteroatoms. The van der Waals surface area contributed by atoms with Crippen molar-refractivity contribution in [3.63, 3.8) is 0 Å². The molecule has 0 saturated carbocycles.